The molecular weight excluding hydrogens is 283 g/mol. The van der Waals surface area contributed by atoms with Gasteiger partial charge in [-0.15, -0.1) is 0 Å². The highest BCUT2D eigenvalue weighted by Crippen LogP contribution is 2.50. The number of fused-ring (bicyclic) bond motifs is 1. The molecule has 3 aromatic rings. The van der Waals surface area contributed by atoms with Crippen molar-refractivity contribution in [1.29, 1.82) is 0 Å². The Balaban J connectivity index is 1.61. The van der Waals surface area contributed by atoms with Crippen molar-refractivity contribution in [2.75, 3.05) is 0 Å². The topological polar surface area (TPSA) is 58.0 Å². The lowest BCUT2D eigenvalue weighted by molar-refractivity contribution is -0.123. The highest BCUT2D eigenvalue weighted by Gasteiger charge is 2.52. The maximum Gasteiger partial charge on any atom is 0.231 e. The van der Waals surface area contributed by atoms with E-state index in [4.69, 9.17) is 4.42 Å². The van der Waals surface area contributed by atoms with Gasteiger partial charge in [-0.2, -0.15) is 0 Å². The number of furan rings is 1. The highest BCUT2D eigenvalue weighted by molar-refractivity contribution is 5.97. The summed E-state index contributed by atoms with van der Waals surface area (Å²) < 4.78 is 18.5. The largest absolute Gasteiger partial charge is 0.467 e. The van der Waals surface area contributed by atoms with E-state index in [-0.39, 0.29) is 11.7 Å². The molecule has 0 radical (unpaired) electrons. The number of carbonyl (C=O) groups is 1. The summed E-state index contributed by atoms with van der Waals surface area (Å²) in [6.45, 7) is 0.380. The van der Waals surface area contributed by atoms with E-state index < -0.39 is 5.41 Å². The van der Waals surface area contributed by atoms with Crippen molar-refractivity contribution < 1.29 is 13.6 Å². The normalized spacial score (nSPS) is 15.9. The molecule has 2 heterocycles. The fourth-order valence-electron chi connectivity index (χ4n) is 2.99. The minimum atomic E-state index is -0.497. The average Bonchev–Trinajstić information content (AvgIpc) is 2.97. The fraction of sp³-hybridized carbons (Fsp3) is 0.235. The first kappa shape index (κ1) is 13.1. The van der Waals surface area contributed by atoms with E-state index >= 15 is 0 Å². The van der Waals surface area contributed by atoms with Gasteiger partial charge in [-0.3, -0.25) is 4.79 Å². The number of hydrogen-bond donors (Lipinski definition) is 2. The Hall–Kier alpha value is -2.56. The van der Waals surface area contributed by atoms with Crippen LogP contribution in [-0.2, 0) is 16.8 Å². The van der Waals surface area contributed by atoms with Crippen LogP contribution in [0.2, 0.25) is 0 Å². The minimum Gasteiger partial charge on any atom is -0.467 e. The molecule has 1 aliphatic carbocycles. The SMILES string of the molecule is O=C(NCc1ccco1)C1(c2c[nH]c3cc(F)ccc23)CC1. The zero-order valence-corrected chi connectivity index (χ0v) is 11.9. The number of carbonyl (C=O) groups excluding carboxylic acids is 1. The lowest BCUT2D eigenvalue weighted by Gasteiger charge is -2.14. The van der Waals surface area contributed by atoms with Crippen molar-refractivity contribution in [3.8, 4) is 0 Å². The molecular formula is C17H15FN2O2. The molecule has 0 spiro atoms. The number of amides is 1. The van der Waals surface area contributed by atoms with E-state index in [1.807, 2.05) is 12.3 Å². The van der Waals surface area contributed by atoms with Crippen LogP contribution in [0.1, 0.15) is 24.2 Å². The number of H-pyrrole nitrogens is 1. The summed E-state index contributed by atoms with van der Waals surface area (Å²) in [4.78, 5) is 15.7. The van der Waals surface area contributed by atoms with Crippen LogP contribution >= 0.6 is 0 Å². The van der Waals surface area contributed by atoms with Gasteiger partial charge in [0, 0.05) is 17.1 Å². The Morgan fingerprint density at radius 3 is 2.95 bits per heavy atom. The van der Waals surface area contributed by atoms with Crippen LogP contribution < -0.4 is 5.32 Å². The van der Waals surface area contributed by atoms with Gasteiger partial charge >= 0.3 is 0 Å². The van der Waals surface area contributed by atoms with E-state index in [1.165, 1.54) is 12.1 Å². The number of nitrogens with one attached hydrogen (secondary N) is 2. The second kappa shape index (κ2) is 4.73. The van der Waals surface area contributed by atoms with Gasteiger partial charge in [0.05, 0.1) is 18.2 Å². The van der Waals surface area contributed by atoms with E-state index in [0.29, 0.717) is 6.54 Å². The Morgan fingerprint density at radius 2 is 2.23 bits per heavy atom. The third-order valence-corrected chi connectivity index (χ3v) is 4.35. The summed E-state index contributed by atoms with van der Waals surface area (Å²) >= 11 is 0. The molecule has 112 valence electrons. The summed E-state index contributed by atoms with van der Waals surface area (Å²) in [6, 6.07) is 8.24. The third-order valence-electron chi connectivity index (χ3n) is 4.35. The Labute approximate surface area is 126 Å². The first-order valence-electron chi connectivity index (χ1n) is 7.27. The molecule has 1 amide bonds. The van der Waals surface area contributed by atoms with Crippen molar-refractivity contribution in [3.05, 3.63) is 59.9 Å². The predicted molar refractivity (Wildman–Crippen MR) is 79.7 cm³/mol. The van der Waals surface area contributed by atoms with Crippen LogP contribution in [0.15, 0.2) is 47.2 Å². The van der Waals surface area contributed by atoms with Gasteiger partial charge in [0.1, 0.15) is 11.6 Å². The number of benzene rings is 1. The zero-order valence-electron chi connectivity index (χ0n) is 11.9. The Morgan fingerprint density at radius 1 is 1.36 bits per heavy atom. The third kappa shape index (κ3) is 2.01. The first-order chi connectivity index (χ1) is 10.7. The molecule has 1 fully saturated rings. The van der Waals surface area contributed by atoms with Crippen LogP contribution in [-0.4, -0.2) is 10.9 Å². The quantitative estimate of drug-likeness (QED) is 0.777. The lowest BCUT2D eigenvalue weighted by atomic mass is 9.94. The van der Waals surface area contributed by atoms with Crippen molar-refractivity contribution in [2.24, 2.45) is 0 Å². The van der Waals surface area contributed by atoms with Gasteiger partial charge in [0.2, 0.25) is 5.91 Å². The Kier molecular flexibility index (Phi) is 2.82. The molecule has 2 aromatic heterocycles. The van der Waals surface area contributed by atoms with Gasteiger partial charge in [0.15, 0.2) is 0 Å². The number of hydrogen-bond acceptors (Lipinski definition) is 2. The minimum absolute atomic E-state index is 0.00544. The number of halogens is 1. The number of rotatable bonds is 4. The van der Waals surface area contributed by atoms with Crippen LogP contribution in [0, 0.1) is 5.82 Å². The van der Waals surface area contributed by atoms with E-state index in [0.717, 1.165) is 35.1 Å². The average molecular weight is 298 g/mol. The van der Waals surface area contributed by atoms with Crippen molar-refractivity contribution in [1.82, 2.24) is 10.3 Å². The van der Waals surface area contributed by atoms with Crippen molar-refractivity contribution in [2.45, 2.75) is 24.8 Å². The predicted octanol–water partition coefficient (Wildman–Crippen LogP) is 3.25. The molecule has 1 aliphatic rings. The molecule has 0 atom stereocenters. The summed E-state index contributed by atoms with van der Waals surface area (Å²) in [5.74, 6) is 0.437. The van der Waals surface area contributed by atoms with Crippen LogP contribution in [0.25, 0.3) is 10.9 Å². The Bertz CT molecular complexity index is 832. The zero-order chi connectivity index (χ0) is 15.2. The molecule has 2 N–H and O–H groups in total. The molecule has 5 heteroatoms. The highest BCUT2D eigenvalue weighted by atomic mass is 19.1. The van der Waals surface area contributed by atoms with Gasteiger partial charge in [0.25, 0.3) is 0 Å². The second-order valence-electron chi connectivity index (χ2n) is 5.74. The van der Waals surface area contributed by atoms with E-state index in [9.17, 15) is 9.18 Å². The molecule has 4 rings (SSSR count). The summed E-state index contributed by atoms with van der Waals surface area (Å²) in [7, 11) is 0. The molecule has 0 saturated heterocycles. The van der Waals surface area contributed by atoms with Crippen molar-refractivity contribution >= 4 is 16.8 Å². The standard InChI is InChI=1S/C17H15FN2O2/c18-11-3-4-13-14(10-19-15(13)8-11)17(5-6-17)16(21)20-9-12-2-1-7-22-12/h1-4,7-8,10,19H,5-6,9H2,(H,20,21). The maximum absolute atomic E-state index is 13.3. The molecule has 0 unspecified atom stereocenters. The van der Waals surface area contributed by atoms with Gasteiger partial charge < -0.3 is 14.7 Å². The molecule has 22 heavy (non-hydrogen) atoms. The molecule has 1 aromatic carbocycles. The monoisotopic (exact) mass is 298 g/mol. The van der Waals surface area contributed by atoms with Gasteiger partial charge in [-0.1, -0.05) is 0 Å². The molecule has 0 bridgehead atoms. The van der Waals surface area contributed by atoms with Crippen molar-refractivity contribution in [3.63, 3.8) is 0 Å². The van der Waals surface area contributed by atoms with Crippen LogP contribution in [0.3, 0.4) is 0 Å². The number of aromatic nitrogens is 1. The van der Waals surface area contributed by atoms with E-state index in [2.05, 4.69) is 10.3 Å². The smallest absolute Gasteiger partial charge is 0.231 e. The summed E-state index contributed by atoms with van der Waals surface area (Å²) in [5.41, 5.74) is 1.17. The second-order valence-corrected chi connectivity index (χ2v) is 5.74. The van der Waals surface area contributed by atoms with E-state index in [1.54, 1.807) is 18.4 Å². The lowest BCUT2D eigenvalue weighted by Crippen LogP contribution is -2.34. The van der Waals surface area contributed by atoms with Gasteiger partial charge in [-0.25, -0.2) is 4.39 Å². The molecule has 1 saturated carbocycles. The summed E-state index contributed by atoms with van der Waals surface area (Å²) in [5, 5.41) is 3.84. The first-order valence-corrected chi connectivity index (χ1v) is 7.27. The van der Waals surface area contributed by atoms with Crippen LogP contribution in [0.4, 0.5) is 4.39 Å². The number of aromatic amines is 1. The fourth-order valence-corrected chi connectivity index (χ4v) is 2.99. The van der Waals surface area contributed by atoms with Crippen LogP contribution in [0.5, 0.6) is 0 Å². The summed E-state index contributed by atoms with van der Waals surface area (Å²) in [6.07, 6.45) is 5.02. The maximum atomic E-state index is 13.3. The molecule has 0 aliphatic heterocycles. The molecule has 4 nitrogen and oxygen atoms in total. The van der Waals surface area contributed by atoms with Gasteiger partial charge in [-0.05, 0) is 48.7 Å².